The van der Waals surface area contributed by atoms with Gasteiger partial charge in [0, 0.05) is 6.07 Å². The third kappa shape index (κ3) is 6.10. The Bertz CT molecular complexity index is 1090. The van der Waals surface area contributed by atoms with Crippen LogP contribution in [0.2, 0.25) is 5.02 Å². The van der Waals surface area contributed by atoms with Gasteiger partial charge in [0.05, 0.1) is 29.9 Å². The summed E-state index contributed by atoms with van der Waals surface area (Å²) in [4.78, 5) is 36.6. The lowest BCUT2D eigenvalue weighted by atomic mass is 10.2. The number of ether oxygens (including phenoxy) is 1. The molecular formula is C19H19ClN6O4S. The first kappa shape index (κ1) is 22.4. The highest BCUT2D eigenvalue weighted by molar-refractivity contribution is 7.17. The van der Waals surface area contributed by atoms with E-state index in [2.05, 4.69) is 25.6 Å². The topological polar surface area (TPSA) is 138 Å². The molecule has 12 heteroatoms. The Morgan fingerprint density at radius 1 is 1.26 bits per heavy atom. The average molecular weight is 463 g/mol. The molecule has 2 aromatic heterocycles. The van der Waals surface area contributed by atoms with Crippen LogP contribution in [-0.4, -0.2) is 38.6 Å². The number of hydroxylamine groups is 1. The maximum Gasteiger partial charge on any atom is 0.267 e. The molecular weight excluding hydrogens is 444 g/mol. The molecule has 0 spiro atoms. The fourth-order valence-corrected chi connectivity index (χ4v) is 3.48. The van der Waals surface area contributed by atoms with Crippen molar-refractivity contribution in [3.8, 4) is 5.88 Å². The third-order valence-corrected chi connectivity index (χ3v) is 5.17. The van der Waals surface area contributed by atoms with Gasteiger partial charge < -0.3 is 15.4 Å². The number of aryl methyl sites for hydroxylation is 2. The van der Waals surface area contributed by atoms with Gasteiger partial charge in [0.25, 0.3) is 5.91 Å². The third-order valence-electron chi connectivity index (χ3n) is 3.94. The van der Waals surface area contributed by atoms with Crippen LogP contribution in [0.1, 0.15) is 27.5 Å². The number of thiazole rings is 1. The van der Waals surface area contributed by atoms with Crippen LogP contribution in [0.25, 0.3) is 0 Å². The monoisotopic (exact) mass is 462 g/mol. The molecule has 3 aromatic rings. The maximum atomic E-state index is 12.6. The Labute approximate surface area is 186 Å². The predicted octanol–water partition coefficient (Wildman–Crippen LogP) is 3.47. The molecule has 2 heterocycles. The van der Waals surface area contributed by atoms with E-state index in [0.29, 0.717) is 32.4 Å². The smallest absolute Gasteiger partial charge is 0.267 e. The lowest BCUT2D eigenvalue weighted by molar-refractivity contribution is -0.129. The quantitative estimate of drug-likeness (QED) is 0.295. The molecule has 3 rings (SSSR count). The summed E-state index contributed by atoms with van der Waals surface area (Å²) in [7, 11) is 0. The van der Waals surface area contributed by atoms with Gasteiger partial charge in [-0.05, 0) is 25.5 Å². The molecule has 0 saturated carbocycles. The van der Waals surface area contributed by atoms with E-state index in [1.165, 1.54) is 17.7 Å². The zero-order valence-electron chi connectivity index (χ0n) is 16.6. The van der Waals surface area contributed by atoms with E-state index < -0.39 is 5.91 Å². The number of hydrogen-bond donors (Lipinski definition) is 4. The number of hydrogen-bond acceptors (Lipinski definition) is 9. The van der Waals surface area contributed by atoms with E-state index in [1.54, 1.807) is 13.0 Å². The maximum absolute atomic E-state index is 12.6. The van der Waals surface area contributed by atoms with Crippen molar-refractivity contribution in [3.05, 3.63) is 51.7 Å². The highest BCUT2D eigenvalue weighted by atomic mass is 35.5. The van der Waals surface area contributed by atoms with Crippen LogP contribution in [0.5, 0.6) is 5.88 Å². The number of amides is 2. The Balaban J connectivity index is 1.66. The molecule has 31 heavy (non-hydrogen) atoms. The molecule has 0 saturated heterocycles. The van der Waals surface area contributed by atoms with Gasteiger partial charge in [0.1, 0.15) is 16.5 Å². The number of para-hydroxylation sites is 1. The molecule has 0 unspecified atom stereocenters. The van der Waals surface area contributed by atoms with Crippen molar-refractivity contribution in [1.82, 2.24) is 20.4 Å². The van der Waals surface area contributed by atoms with Crippen molar-refractivity contribution in [2.45, 2.75) is 20.3 Å². The van der Waals surface area contributed by atoms with Crippen molar-refractivity contribution in [2.24, 2.45) is 0 Å². The second-order valence-electron chi connectivity index (χ2n) is 6.31. The Kier molecular flexibility index (Phi) is 7.34. The number of carbonyl (C=O) groups excluding carboxylic acids is 2. The summed E-state index contributed by atoms with van der Waals surface area (Å²) < 4.78 is 5.41. The first-order valence-corrected chi connectivity index (χ1v) is 10.3. The number of nitrogens with one attached hydrogen (secondary N) is 3. The fraction of sp³-hybridized carbons (Fsp3) is 0.211. The second kappa shape index (κ2) is 10.2. The predicted molar refractivity (Wildman–Crippen MR) is 116 cm³/mol. The van der Waals surface area contributed by atoms with Gasteiger partial charge in [-0.1, -0.05) is 35.1 Å². The zero-order chi connectivity index (χ0) is 22.4. The van der Waals surface area contributed by atoms with Gasteiger partial charge in [-0.25, -0.2) is 15.4 Å². The lowest BCUT2D eigenvalue weighted by Gasteiger charge is -2.09. The Hall–Kier alpha value is -3.28. The van der Waals surface area contributed by atoms with Gasteiger partial charge in [-0.15, -0.1) is 0 Å². The number of anilines is 3. The van der Waals surface area contributed by atoms with E-state index in [1.807, 2.05) is 19.1 Å². The summed E-state index contributed by atoms with van der Waals surface area (Å²) in [6, 6.07) is 6.91. The molecule has 0 bridgehead atoms. The minimum Gasteiger partial charge on any atom is -0.477 e. The van der Waals surface area contributed by atoms with Crippen LogP contribution >= 0.6 is 22.9 Å². The van der Waals surface area contributed by atoms with Crippen LogP contribution in [0, 0.1) is 13.8 Å². The summed E-state index contributed by atoms with van der Waals surface area (Å²) >= 11 is 7.31. The van der Waals surface area contributed by atoms with E-state index in [0.717, 1.165) is 16.9 Å². The summed E-state index contributed by atoms with van der Waals surface area (Å²) in [5.74, 6) is 0.216. The lowest BCUT2D eigenvalue weighted by Crippen LogP contribution is -2.21. The molecule has 0 radical (unpaired) electrons. The van der Waals surface area contributed by atoms with E-state index >= 15 is 0 Å². The van der Waals surface area contributed by atoms with Crippen molar-refractivity contribution in [1.29, 1.82) is 0 Å². The fourth-order valence-electron chi connectivity index (χ4n) is 2.49. The molecule has 0 fully saturated rings. The van der Waals surface area contributed by atoms with Gasteiger partial charge >= 0.3 is 0 Å². The van der Waals surface area contributed by atoms with Crippen molar-refractivity contribution >= 4 is 51.4 Å². The highest BCUT2D eigenvalue weighted by Gasteiger charge is 2.15. The number of carbonyl (C=O) groups is 2. The molecule has 0 aliphatic heterocycles. The SMILES string of the molecule is Cc1nc(Nc2ncc(C(=O)Nc3c(C)cccc3Cl)s2)cc(OCCC(=O)NO)n1. The van der Waals surface area contributed by atoms with Crippen molar-refractivity contribution in [2.75, 3.05) is 17.2 Å². The van der Waals surface area contributed by atoms with Gasteiger partial charge in [-0.3, -0.25) is 14.8 Å². The molecule has 0 aliphatic rings. The number of aromatic nitrogens is 3. The number of rotatable bonds is 8. The van der Waals surface area contributed by atoms with Crippen LogP contribution < -0.4 is 20.9 Å². The van der Waals surface area contributed by atoms with E-state index in [-0.39, 0.29) is 24.8 Å². The minimum atomic E-state index is -0.565. The standard InChI is InChI=1S/C19H19ClN6O4S/c1-10-4-3-5-12(20)17(10)25-18(28)13-9-21-19(31-13)24-14-8-16(23-11(2)22-14)30-7-6-15(27)26-29/h3-5,8-9,29H,6-7H2,1-2H3,(H,25,28)(H,26,27)(H,21,22,23,24). The van der Waals surface area contributed by atoms with Crippen molar-refractivity contribution in [3.63, 3.8) is 0 Å². The Morgan fingerprint density at radius 3 is 2.81 bits per heavy atom. The van der Waals surface area contributed by atoms with E-state index in [4.69, 9.17) is 21.5 Å². The molecule has 2 amide bonds. The van der Waals surface area contributed by atoms with Crippen molar-refractivity contribution < 1.29 is 19.5 Å². The molecule has 1 aromatic carbocycles. The number of halogens is 1. The minimum absolute atomic E-state index is 0.0296. The van der Waals surface area contributed by atoms with Crippen LogP contribution in [-0.2, 0) is 4.79 Å². The normalized spacial score (nSPS) is 10.5. The summed E-state index contributed by atoms with van der Waals surface area (Å²) in [6.07, 6.45) is 1.42. The molecule has 0 atom stereocenters. The van der Waals surface area contributed by atoms with Crippen LogP contribution in [0.3, 0.4) is 0 Å². The zero-order valence-corrected chi connectivity index (χ0v) is 18.2. The molecule has 162 valence electrons. The summed E-state index contributed by atoms with van der Waals surface area (Å²) in [6.45, 7) is 3.57. The van der Waals surface area contributed by atoms with Crippen LogP contribution in [0.4, 0.5) is 16.6 Å². The highest BCUT2D eigenvalue weighted by Crippen LogP contribution is 2.28. The Morgan fingerprint density at radius 2 is 2.06 bits per heavy atom. The average Bonchev–Trinajstić information content (AvgIpc) is 3.18. The molecule has 4 N–H and O–H groups in total. The first-order chi connectivity index (χ1) is 14.9. The molecule has 0 aliphatic carbocycles. The number of benzene rings is 1. The largest absolute Gasteiger partial charge is 0.477 e. The van der Waals surface area contributed by atoms with Crippen LogP contribution in [0.15, 0.2) is 30.5 Å². The van der Waals surface area contributed by atoms with Gasteiger partial charge in [-0.2, -0.15) is 4.98 Å². The van der Waals surface area contributed by atoms with Gasteiger partial charge in [0.15, 0.2) is 5.13 Å². The number of nitrogens with zero attached hydrogens (tertiary/aromatic N) is 3. The summed E-state index contributed by atoms with van der Waals surface area (Å²) in [5, 5.41) is 15.2. The van der Waals surface area contributed by atoms with E-state index in [9.17, 15) is 9.59 Å². The first-order valence-electron chi connectivity index (χ1n) is 9.06. The second-order valence-corrected chi connectivity index (χ2v) is 7.75. The summed E-state index contributed by atoms with van der Waals surface area (Å²) in [5.41, 5.74) is 2.94. The van der Waals surface area contributed by atoms with Gasteiger partial charge in [0.2, 0.25) is 11.8 Å². The molecule has 10 nitrogen and oxygen atoms in total.